The first-order valence-corrected chi connectivity index (χ1v) is 13.6. The van der Waals surface area contributed by atoms with Gasteiger partial charge in [0.15, 0.2) is 11.6 Å². The Labute approximate surface area is 206 Å². The minimum Gasteiger partial charge on any atom is -0.325 e. The molecule has 0 spiro atoms. The molecule has 34 heavy (non-hydrogen) atoms. The fourth-order valence-electron chi connectivity index (χ4n) is 10.1. The van der Waals surface area contributed by atoms with Gasteiger partial charge in [0.2, 0.25) is 0 Å². The molecular formula is C30H44N2O2. The smallest absolute Gasteiger partial charge is 0.159 e. The van der Waals surface area contributed by atoms with E-state index in [0.29, 0.717) is 6.42 Å². The number of allylic oxidation sites excluding steroid dienone is 2. The Kier molecular flexibility index (Phi) is 4.88. The van der Waals surface area contributed by atoms with Gasteiger partial charge in [-0.1, -0.05) is 54.0 Å². The maximum absolute atomic E-state index is 14.2. The Morgan fingerprint density at radius 3 is 2.24 bits per heavy atom. The number of nitrogens with two attached hydrogens (primary N) is 1. The van der Waals surface area contributed by atoms with E-state index in [9.17, 15) is 14.9 Å². The highest BCUT2D eigenvalue weighted by molar-refractivity contribution is 5.96. The van der Waals surface area contributed by atoms with Gasteiger partial charge in [-0.3, -0.25) is 9.59 Å². The quantitative estimate of drug-likeness (QED) is 0.477. The van der Waals surface area contributed by atoms with E-state index in [0.717, 1.165) is 44.9 Å². The van der Waals surface area contributed by atoms with E-state index in [1.54, 1.807) is 0 Å². The molecule has 0 aromatic carbocycles. The van der Waals surface area contributed by atoms with Crippen molar-refractivity contribution in [2.24, 2.45) is 56.5 Å². The molecule has 5 aliphatic rings. The molecule has 8 atom stereocenters. The fourth-order valence-corrected chi connectivity index (χ4v) is 10.1. The van der Waals surface area contributed by atoms with Crippen LogP contribution in [-0.4, -0.2) is 17.1 Å². The molecule has 5 rings (SSSR count). The first kappa shape index (κ1) is 24.2. The maximum atomic E-state index is 14.2. The Morgan fingerprint density at radius 2 is 1.59 bits per heavy atom. The van der Waals surface area contributed by atoms with Crippen LogP contribution in [-0.2, 0) is 9.59 Å². The highest BCUT2D eigenvalue weighted by Gasteiger charge is 2.70. The zero-order valence-corrected chi connectivity index (χ0v) is 22.4. The van der Waals surface area contributed by atoms with Crippen LogP contribution in [0.2, 0.25) is 0 Å². The molecule has 0 aromatic rings. The van der Waals surface area contributed by atoms with Gasteiger partial charge in [-0.05, 0) is 90.9 Å². The Morgan fingerprint density at radius 1 is 0.941 bits per heavy atom. The van der Waals surface area contributed by atoms with Gasteiger partial charge >= 0.3 is 0 Å². The van der Waals surface area contributed by atoms with Crippen molar-refractivity contribution in [3.63, 3.8) is 0 Å². The van der Waals surface area contributed by atoms with E-state index in [1.807, 2.05) is 19.9 Å². The lowest BCUT2D eigenvalue weighted by molar-refractivity contribution is -0.166. The molecule has 4 saturated carbocycles. The Hall–Kier alpha value is -1.47. The summed E-state index contributed by atoms with van der Waals surface area (Å²) in [7, 11) is 0. The number of fused-ring (bicyclic) bond motifs is 7. The molecular weight excluding hydrogens is 420 g/mol. The lowest BCUT2D eigenvalue weighted by atomic mass is 9.34. The number of carbonyl (C=O) groups is 2. The van der Waals surface area contributed by atoms with E-state index in [1.165, 1.54) is 5.57 Å². The second kappa shape index (κ2) is 6.84. The van der Waals surface area contributed by atoms with Crippen LogP contribution in [0.5, 0.6) is 0 Å². The normalized spacial score (nSPS) is 51.2. The van der Waals surface area contributed by atoms with Gasteiger partial charge in [0, 0.05) is 16.9 Å². The second-order valence-corrected chi connectivity index (χ2v) is 14.9. The molecule has 4 heteroatoms. The molecule has 0 saturated heterocycles. The molecule has 0 aromatic heterocycles. The van der Waals surface area contributed by atoms with Crippen LogP contribution in [0.1, 0.15) is 99.8 Å². The highest BCUT2D eigenvalue weighted by atomic mass is 16.1. The lowest BCUT2D eigenvalue weighted by Gasteiger charge is -2.69. The van der Waals surface area contributed by atoms with Crippen LogP contribution >= 0.6 is 0 Å². The van der Waals surface area contributed by atoms with Crippen LogP contribution < -0.4 is 5.73 Å². The molecule has 0 bridgehead atoms. The van der Waals surface area contributed by atoms with E-state index in [-0.39, 0.29) is 56.5 Å². The van der Waals surface area contributed by atoms with E-state index < -0.39 is 11.3 Å². The summed E-state index contributed by atoms with van der Waals surface area (Å²) in [5.41, 5.74) is 7.20. The molecule has 5 aliphatic carbocycles. The number of nitriles is 1. The molecule has 4 fully saturated rings. The number of hydrogen-bond acceptors (Lipinski definition) is 4. The number of hydrogen-bond donors (Lipinski definition) is 1. The van der Waals surface area contributed by atoms with Gasteiger partial charge in [0.1, 0.15) is 5.92 Å². The summed E-state index contributed by atoms with van der Waals surface area (Å²) in [6, 6.07) is 2.33. The summed E-state index contributed by atoms with van der Waals surface area (Å²) in [5.74, 6) is 0.0984. The topological polar surface area (TPSA) is 83.9 Å². The van der Waals surface area contributed by atoms with Crippen LogP contribution in [0.4, 0.5) is 0 Å². The average molecular weight is 465 g/mol. The SMILES string of the molecule is CC1(C)CC[C@]2(N)CC[C@]3(C)C(C(=O)C=C4[C@@]5(C)CC(C#N)C(=O)C(C)(C)[C@@H]5CC[C@]43C)C2C1. The summed E-state index contributed by atoms with van der Waals surface area (Å²) in [5, 5.41) is 9.88. The largest absolute Gasteiger partial charge is 0.325 e. The summed E-state index contributed by atoms with van der Waals surface area (Å²) in [6.07, 6.45) is 9.66. The highest BCUT2D eigenvalue weighted by Crippen LogP contribution is 2.73. The minimum atomic E-state index is -0.595. The van der Waals surface area contributed by atoms with Crippen molar-refractivity contribution in [2.75, 3.05) is 0 Å². The summed E-state index contributed by atoms with van der Waals surface area (Å²) in [6.45, 7) is 15.8. The van der Waals surface area contributed by atoms with Gasteiger partial charge in [0.25, 0.3) is 0 Å². The number of ketones is 2. The third-order valence-electron chi connectivity index (χ3n) is 12.3. The minimum absolute atomic E-state index is 0.0373. The zero-order chi connectivity index (χ0) is 25.1. The number of rotatable bonds is 0. The van der Waals surface area contributed by atoms with E-state index in [2.05, 4.69) is 40.7 Å². The zero-order valence-electron chi connectivity index (χ0n) is 22.4. The van der Waals surface area contributed by atoms with Gasteiger partial charge in [-0.2, -0.15) is 5.26 Å². The van der Waals surface area contributed by atoms with Crippen LogP contribution in [0.25, 0.3) is 0 Å². The van der Waals surface area contributed by atoms with Crippen molar-refractivity contribution in [1.29, 1.82) is 5.26 Å². The fraction of sp³-hybridized carbons (Fsp3) is 0.833. The van der Waals surface area contributed by atoms with E-state index in [4.69, 9.17) is 5.73 Å². The van der Waals surface area contributed by atoms with Crippen molar-refractivity contribution < 1.29 is 9.59 Å². The molecule has 186 valence electrons. The van der Waals surface area contributed by atoms with Crippen molar-refractivity contribution in [3.8, 4) is 6.07 Å². The van der Waals surface area contributed by atoms with Crippen molar-refractivity contribution in [2.45, 2.75) is 105 Å². The van der Waals surface area contributed by atoms with Gasteiger partial charge < -0.3 is 5.73 Å². The molecule has 2 N–H and O–H groups in total. The summed E-state index contributed by atoms with van der Waals surface area (Å²) < 4.78 is 0. The molecule has 0 radical (unpaired) electrons. The predicted molar refractivity (Wildman–Crippen MR) is 133 cm³/mol. The number of carbonyl (C=O) groups excluding carboxylic acids is 2. The van der Waals surface area contributed by atoms with Crippen LogP contribution in [0.3, 0.4) is 0 Å². The Balaban J connectivity index is 1.65. The van der Waals surface area contributed by atoms with E-state index >= 15 is 0 Å². The summed E-state index contributed by atoms with van der Waals surface area (Å²) >= 11 is 0. The third-order valence-corrected chi connectivity index (χ3v) is 12.3. The van der Waals surface area contributed by atoms with Gasteiger partial charge in [-0.25, -0.2) is 0 Å². The van der Waals surface area contributed by atoms with Crippen molar-refractivity contribution in [1.82, 2.24) is 0 Å². The predicted octanol–water partition coefficient (Wildman–Crippen LogP) is 6.00. The molecule has 3 unspecified atom stereocenters. The molecule has 0 aliphatic heterocycles. The first-order chi connectivity index (χ1) is 15.6. The van der Waals surface area contributed by atoms with Crippen molar-refractivity contribution >= 4 is 11.6 Å². The van der Waals surface area contributed by atoms with Gasteiger partial charge in [-0.15, -0.1) is 0 Å². The van der Waals surface area contributed by atoms with Crippen LogP contribution in [0.15, 0.2) is 11.6 Å². The maximum Gasteiger partial charge on any atom is 0.159 e. The average Bonchev–Trinajstić information content (AvgIpc) is 2.74. The van der Waals surface area contributed by atoms with Crippen molar-refractivity contribution in [3.05, 3.63) is 11.6 Å². The third kappa shape index (κ3) is 2.80. The number of nitrogens with zero attached hydrogens (tertiary/aromatic N) is 1. The van der Waals surface area contributed by atoms with Gasteiger partial charge in [0.05, 0.1) is 6.07 Å². The molecule has 4 nitrogen and oxygen atoms in total. The summed E-state index contributed by atoms with van der Waals surface area (Å²) in [4.78, 5) is 27.4. The number of Topliss-reactive ketones (excluding diaryl/α,β-unsaturated/α-hetero) is 1. The lowest BCUT2D eigenvalue weighted by Crippen LogP contribution is -2.68. The standard InChI is InChI=1S/C30H44N2O2/c1-25(2)10-12-30(32)13-11-29(7)23(19(30)16-25)20(33)14-22-27(5)15-18(17-31)24(34)26(3,4)21(27)8-9-28(22,29)6/h14,18-19,21,23H,8-13,15-16,32H2,1-7H3/t18?,19?,21-,23?,27-,28+,29+,30-/m0/s1. The van der Waals surface area contributed by atoms with Crippen LogP contribution in [0, 0.1) is 62.1 Å². The second-order valence-electron chi connectivity index (χ2n) is 14.9. The molecule has 0 heterocycles. The Bertz CT molecular complexity index is 1030. The monoisotopic (exact) mass is 464 g/mol. The molecule has 0 amide bonds. The first-order valence-electron chi connectivity index (χ1n) is 13.6.